The Hall–Kier alpha value is -1.81. The molecule has 0 aliphatic rings. The van der Waals surface area contributed by atoms with Crippen LogP contribution in [0, 0.1) is 18.6 Å². The minimum Gasteiger partial charge on any atom is -0.309 e. The summed E-state index contributed by atoms with van der Waals surface area (Å²) in [6, 6.07) is 6.95. The highest BCUT2D eigenvalue weighted by Crippen LogP contribution is 2.26. The smallest absolute Gasteiger partial charge is 0.131 e. The lowest BCUT2D eigenvalue weighted by molar-refractivity contribution is 0.521. The predicted octanol–water partition coefficient (Wildman–Crippen LogP) is 2.98. The van der Waals surface area contributed by atoms with E-state index in [0.29, 0.717) is 0 Å². The normalized spacial score (nSPS) is 12.4. The first-order valence-corrected chi connectivity index (χ1v) is 5.67. The van der Waals surface area contributed by atoms with Gasteiger partial charge in [-0.2, -0.15) is 0 Å². The fraction of sp³-hybridized carbons (Fsp3) is 0.214. The first-order valence-electron chi connectivity index (χ1n) is 5.67. The van der Waals surface area contributed by atoms with Gasteiger partial charge in [-0.05, 0) is 37.7 Å². The molecule has 1 atom stereocenters. The minimum absolute atomic E-state index is 0.0191. The van der Waals surface area contributed by atoms with Gasteiger partial charge in [-0.1, -0.05) is 12.1 Å². The van der Waals surface area contributed by atoms with Gasteiger partial charge in [0.15, 0.2) is 0 Å². The molecule has 0 bridgehead atoms. The number of hydrogen-bond acceptors (Lipinski definition) is 2. The Morgan fingerprint density at radius 2 is 1.78 bits per heavy atom. The summed E-state index contributed by atoms with van der Waals surface area (Å²) in [5.74, 6) is -1.12. The standard InChI is InChI=1S/C14H14F2N2/c1-9-6-7-10(8-18-9)14(17-2)13-11(15)4-3-5-12(13)16/h3-8,14,17H,1-2H3. The molecule has 0 aliphatic carbocycles. The Morgan fingerprint density at radius 1 is 1.11 bits per heavy atom. The highest BCUT2D eigenvalue weighted by Gasteiger charge is 2.20. The number of pyridine rings is 1. The molecular weight excluding hydrogens is 234 g/mol. The SMILES string of the molecule is CNC(c1ccc(C)nc1)c1c(F)cccc1F. The zero-order chi connectivity index (χ0) is 13.1. The number of aromatic nitrogens is 1. The molecule has 1 unspecified atom stereocenters. The van der Waals surface area contributed by atoms with Crippen molar-refractivity contribution in [2.45, 2.75) is 13.0 Å². The van der Waals surface area contributed by atoms with Crippen LogP contribution in [-0.2, 0) is 0 Å². The lowest BCUT2D eigenvalue weighted by Gasteiger charge is -2.18. The summed E-state index contributed by atoms with van der Waals surface area (Å²) in [4.78, 5) is 4.15. The van der Waals surface area contributed by atoms with Crippen LogP contribution in [0.3, 0.4) is 0 Å². The third kappa shape index (κ3) is 2.38. The van der Waals surface area contributed by atoms with E-state index in [0.717, 1.165) is 11.3 Å². The van der Waals surface area contributed by atoms with Gasteiger partial charge in [-0.15, -0.1) is 0 Å². The van der Waals surface area contributed by atoms with Gasteiger partial charge in [0, 0.05) is 17.5 Å². The van der Waals surface area contributed by atoms with Crippen molar-refractivity contribution in [3.63, 3.8) is 0 Å². The lowest BCUT2D eigenvalue weighted by Crippen LogP contribution is -2.20. The second-order valence-corrected chi connectivity index (χ2v) is 4.09. The molecule has 4 heteroatoms. The van der Waals surface area contributed by atoms with Gasteiger partial charge in [-0.3, -0.25) is 4.98 Å². The second-order valence-electron chi connectivity index (χ2n) is 4.09. The summed E-state index contributed by atoms with van der Waals surface area (Å²) in [5.41, 5.74) is 1.61. The van der Waals surface area contributed by atoms with Crippen LogP contribution in [0.25, 0.3) is 0 Å². The molecule has 1 heterocycles. The van der Waals surface area contributed by atoms with E-state index in [4.69, 9.17) is 0 Å². The molecule has 18 heavy (non-hydrogen) atoms. The van der Waals surface area contributed by atoms with Crippen LogP contribution >= 0.6 is 0 Å². The monoisotopic (exact) mass is 248 g/mol. The molecule has 0 saturated carbocycles. The van der Waals surface area contributed by atoms with Gasteiger partial charge in [0.25, 0.3) is 0 Å². The van der Waals surface area contributed by atoms with Gasteiger partial charge >= 0.3 is 0 Å². The quantitative estimate of drug-likeness (QED) is 0.903. The number of rotatable bonds is 3. The highest BCUT2D eigenvalue weighted by atomic mass is 19.1. The van der Waals surface area contributed by atoms with Crippen molar-refractivity contribution in [3.05, 3.63) is 65.0 Å². The molecule has 1 N–H and O–H groups in total. The first-order chi connectivity index (χ1) is 8.63. The summed E-state index contributed by atoms with van der Waals surface area (Å²) >= 11 is 0. The number of hydrogen-bond donors (Lipinski definition) is 1. The van der Waals surface area contributed by atoms with Crippen LogP contribution < -0.4 is 5.32 Å². The average molecular weight is 248 g/mol. The van der Waals surface area contributed by atoms with Crippen LogP contribution in [0.1, 0.15) is 22.9 Å². The zero-order valence-corrected chi connectivity index (χ0v) is 10.2. The van der Waals surface area contributed by atoms with Crippen molar-refractivity contribution < 1.29 is 8.78 Å². The van der Waals surface area contributed by atoms with Gasteiger partial charge in [0.05, 0.1) is 6.04 Å². The number of nitrogens with one attached hydrogen (secondary N) is 1. The van der Waals surface area contributed by atoms with Crippen molar-refractivity contribution >= 4 is 0 Å². The second kappa shape index (κ2) is 5.23. The first kappa shape index (κ1) is 12.6. The van der Waals surface area contributed by atoms with E-state index < -0.39 is 17.7 Å². The molecule has 1 aromatic heterocycles. The summed E-state index contributed by atoms with van der Waals surface area (Å²) in [6.45, 7) is 1.86. The Kier molecular flexibility index (Phi) is 3.67. The Labute approximate surface area is 105 Å². The maximum Gasteiger partial charge on any atom is 0.131 e. The third-order valence-electron chi connectivity index (χ3n) is 2.84. The molecule has 2 rings (SSSR count). The summed E-state index contributed by atoms with van der Waals surface area (Å²) < 4.78 is 27.5. The molecule has 0 saturated heterocycles. The van der Waals surface area contributed by atoms with Crippen molar-refractivity contribution in [2.24, 2.45) is 0 Å². The molecule has 0 spiro atoms. The van der Waals surface area contributed by atoms with Gasteiger partial charge in [-0.25, -0.2) is 8.78 Å². The molecular formula is C14H14F2N2. The number of halogens is 2. The van der Waals surface area contributed by atoms with Gasteiger partial charge in [0.2, 0.25) is 0 Å². The molecule has 0 amide bonds. The molecule has 0 radical (unpaired) electrons. The lowest BCUT2D eigenvalue weighted by atomic mass is 9.99. The molecule has 2 aromatic rings. The molecule has 0 aliphatic heterocycles. The highest BCUT2D eigenvalue weighted by molar-refractivity contribution is 5.32. The summed E-state index contributed by atoms with van der Waals surface area (Å²) in [5, 5.41) is 2.92. The van der Waals surface area contributed by atoms with Crippen molar-refractivity contribution in [2.75, 3.05) is 7.05 Å². The largest absolute Gasteiger partial charge is 0.309 e. The van der Waals surface area contributed by atoms with Crippen molar-refractivity contribution in [3.8, 4) is 0 Å². The van der Waals surface area contributed by atoms with E-state index in [1.807, 2.05) is 19.1 Å². The molecule has 94 valence electrons. The number of benzene rings is 1. The number of aryl methyl sites for hydroxylation is 1. The van der Waals surface area contributed by atoms with E-state index in [1.54, 1.807) is 13.2 Å². The summed E-state index contributed by atoms with van der Waals surface area (Å²) in [7, 11) is 1.66. The van der Waals surface area contributed by atoms with Gasteiger partial charge in [0.1, 0.15) is 11.6 Å². The Bertz CT molecular complexity index is 518. The van der Waals surface area contributed by atoms with Crippen molar-refractivity contribution in [1.29, 1.82) is 0 Å². The van der Waals surface area contributed by atoms with Crippen LogP contribution in [0.15, 0.2) is 36.5 Å². The maximum atomic E-state index is 13.8. The zero-order valence-electron chi connectivity index (χ0n) is 10.2. The van der Waals surface area contributed by atoms with Crippen LogP contribution in [0.5, 0.6) is 0 Å². The van der Waals surface area contributed by atoms with Crippen molar-refractivity contribution in [1.82, 2.24) is 10.3 Å². The van der Waals surface area contributed by atoms with Crippen LogP contribution in [0.2, 0.25) is 0 Å². The van der Waals surface area contributed by atoms with Gasteiger partial charge < -0.3 is 5.32 Å². The van der Waals surface area contributed by atoms with E-state index in [2.05, 4.69) is 10.3 Å². The maximum absolute atomic E-state index is 13.8. The fourth-order valence-electron chi connectivity index (χ4n) is 1.91. The fourth-order valence-corrected chi connectivity index (χ4v) is 1.91. The minimum atomic E-state index is -0.560. The third-order valence-corrected chi connectivity index (χ3v) is 2.84. The van der Waals surface area contributed by atoms with E-state index in [-0.39, 0.29) is 5.56 Å². The van der Waals surface area contributed by atoms with E-state index in [1.165, 1.54) is 18.2 Å². The number of nitrogens with zero attached hydrogens (tertiary/aromatic N) is 1. The topological polar surface area (TPSA) is 24.9 Å². The summed E-state index contributed by atoms with van der Waals surface area (Å²) in [6.07, 6.45) is 1.63. The molecule has 0 fully saturated rings. The van der Waals surface area contributed by atoms with Crippen LogP contribution in [0.4, 0.5) is 8.78 Å². The Morgan fingerprint density at radius 3 is 2.28 bits per heavy atom. The van der Waals surface area contributed by atoms with Crippen LogP contribution in [-0.4, -0.2) is 12.0 Å². The van der Waals surface area contributed by atoms with E-state index in [9.17, 15) is 8.78 Å². The molecule has 1 aromatic carbocycles. The average Bonchev–Trinajstić information content (AvgIpc) is 2.35. The Balaban J connectivity index is 2.48. The predicted molar refractivity (Wildman–Crippen MR) is 66.2 cm³/mol. The molecule has 2 nitrogen and oxygen atoms in total. The van der Waals surface area contributed by atoms with E-state index >= 15 is 0 Å².